The van der Waals surface area contributed by atoms with Crippen LogP contribution < -0.4 is 5.73 Å². The lowest BCUT2D eigenvalue weighted by molar-refractivity contribution is -0.174. The molecule has 1 aliphatic carbocycles. The van der Waals surface area contributed by atoms with Gasteiger partial charge in [0.25, 0.3) is 0 Å². The van der Waals surface area contributed by atoms with Gasteiger partial charge in [-0.05, 0) is 57.6 Å². The number of Topliss-reactive ketones (excluding diaryl/α,β-unsaturated/α-hetero) is 1. The summed E-state index contributed by atoms with van der Waals surface area (Å²) in [6.45, 7) is 9.34. The number of carbonyl (C=O) groups excluding carboxylic acids is 1. The van der Waals surface area contributed by atoms with E-state index in [1.165, 1.54) is 0 Å². The molecule has 3 heterocycles. The van der Waals surface area contributed by atoms with E-state index in [-0.39, 0.29) is 24.2 Å². The number of epoxide rings is 1. The Hall–Kier alpha value is -1.20. The SMILES string of the molecule is C/C(=C\c1csc(C)n1)[C@H]1OC(O)C[C@H](O)[C@]2(C)C[C@@H](CCC[C@@]3(C)O[C@H]3C1N)[C@H](O)[C@@H](C)C2=O. The highest BCUT2D eigenvalue weighted by atomic mass is 32.1. The molecule has 0 aromatic carbocycles. The van der Waals surface area contributed by atoms with E-state index in [9.17, 15) is 20.1 Å². The molecule has 35 heavy (non-hydrogen) atoms. The first-order valence-electron chi connectivity index (χ1n) is 12.6. The van der Waals surface area contributed by atoms with Crippen molar-refractivity contribution >= 4 is 23.2 Å². The molecular formula is C26H40N2O6S. The van der Waals surface area contributed by atoms with Gasteiger partial charge in [-0.3, -0.25) is 4.79 Å². The third kappa shape index (κ3) is 5.28. The molecule has 2 bridgehead atoms. The molecule has 10 atom stereocenters. The predicted octanol–water partition coefficient (Wildman–Crippen LogP) is 2.57. The second-order valence-corrected chi connectivity index (χ2v) is 12.4. The second-order valence-electron chi connectivity index (χ2n) is 11.3. The third-order valence-corrected chi connectivity index (χ3v) is 9.26. The van der Waals surface area contributed by atoms with Gasteiger partial charge < -0.3 is 30.5 Å². The Morgan fingerprint density at radius 3 is 2.69 bits per heavy atom. The van der Waals surface area contributed by atoms with Crippen LogP contribution >= 0.6 is 11.3 Å². The molecule has 2 unspecified atom stereocenters. The van der Waals surface area contributed by atoms with Crippen molar-refractivity contribution in [3.63, 3.8) is 0 Å². The molecule has 1 saturated carbocycles. The maximum Gasteiger partial charge on any atom is 0.157 e. The van der Waals surface area contributed by atoms with Crippen LogP contribution in [0.4, 0.5) is 0 Å². The zero-order valence-corrected chi connectivity index (χ0v) is 22.1. The number of hydrogen-bond donors (Lipinski definition) is 4. The number of thiazole rings is 1. The fraction of sp³-hybridized carbons (Fsp3) is 0.769. The quantitative estimate of drug-likeness (QED) is 0.447. The highest BCUT2D eigenvalue weighted by Crippen LogP contribution is 2.48. The van der Waals surface area contributed by atoms with Gasteiger partial charge in [0.2, 0.25) is 0 Å². The highest BCUT2D eigenvalue weighted by Gasteiger charge is 2.58. The minimum absolute atomic E-state index is 0.114. The molecule has 4 rings (SSSR count). The molecule has 2 aliphatic heterocycles. The van der Waals surface area contributed by atoms with Gasteiger partial charge in [-0.25, -0.2) is 4.98 Å². The average Bonchev–Trinajstić information content (AvgIpc) is 3.30. The van der Waals surface area contributed by atoms with E-state index in [4.69, 9.17) is 15.2 Å². The Bertz CT molecular complexity index is 967. The van der Waals surface area contributed by atoms with Crippen molar-refractivity contribution in [1.29, 1.82) is 0 Å². The van der Waals surface area contributed by atoms with Crippen LogP contribution in [0.2, 0.25) is 0 Å². The Morgan fingerprint density at radius 2 is 2.03 bits per heavy atom. The number of nitrogens with two attached hydrogens (primary N) is 1. The number of aryl methyl sites for hydroxylation is 1. The molecule has 0 radical (unpaired) electrons. The molecule has 0 amide bonds. The number of hydrogen-bond acceptors (Lipinski definition) is 9. The largest absolute Gasteiger partial charge is 0.392 e. The summed E-state index contributed by atoms with van der Waals surface area (Å²) in [4.78, 5) is 17.7. The molecule has 1 aromatic rings. The molecule has 1 aromatic heterocycles. The lowest BCUT2D eigenvalue weighted by Crippen LogP contribution is -2.54. The van der Waals surface area contributed by atoms with Gasteiger partial charge in [-0.2, -0.15) is 0 Å². The molecule has 3 aliphatic rings. The van der Waals surface area contributed by atoms with Gasteiger partial charge in [0.05, 0.1) is 46.1 Å². The Balaban J connectivity index is 1.63. The summed E-state index contributed by atoms with van der Waals surface area (Å²) in [7, 11) is 0. The number of aromatic nitrogens is 1. The van der Waals surface area contributed by atoms with Crippen LogP contribution in [0.3, 0.4) is 0 Å². The van der Waals surface area contributed by atoms with Crippen molar-refractivity contribution in [3.05, 3.63) is 21.7 Å². The Kier molecular flexibility index (Phi) is 7.62. The molecule has 5 N–H and O–H groups in total. The van der Waals surface area contributed by atoms with E-state index in [0.717, 1.165) is 35.5 Å². The minimum atomic E-state index is -1.33. The van der Waals surface area contributed by atoms with Gasteiger partial charge >= 0.3 is 0 Å². The smallest absolute Gasteiger partial charge is 0.157 e. The number of aliphatic hydroxyl groups excluding tert-OH is 3. The average molecular weight is 509 g/mol. The molecule has 196 valence electrons. The van der Waals surface area contributed by atoms with E-state index in [0.29, 0.717) is 6.42 Å². The van der Waals surface area contributed by atoms with Crippen molar-refractivity contribution in [3.8, 4) is 0 Å². The first-order valence-corrected chi connectivity index (χ1v) is 13.5. The summed E-state index contributed by atoms with van der Waals surface area (Å²) in [5.74, 6) is -0.862. The maximum absolute atomic E-state index is 13.2. The third-order valence-electron chi connectivity index (χ3n) is 8.47. The van der Waals surface area contributed by atoms with Gasteiger partial charge in [0, 0.05) is 17.7 Å². The first kappa shape index (κ1) is 26.9. The monoisotopic (exact) mass is 508 g/mol. The summed E-state index contributed by atoms with van der Waals surface area (Å²) in [5.41, 5.74) is 6.79. The fourth-order valence-corrected chi connectivity index (χ4v) is 6.75. The van der Waals surface area contributed by atoms with Crippen LogP contribution in [-0.4, -0.2) is 68.4 Å². The molecule has 2 saturated heterocycles. The van der Waals surface area contributed by atoms with Crippen molar-refractivity contribution in [2.45, 2.75) is 109 Å². The normalized spacial score (nSPS) is 45.5. The van der Waals surface area contributed by atoms with E-state index < -0.39 is 47.6 Å². The first-order chi connectivity index (χ1) is 16.4. The van der Waals surface area contributed by atoms with Crippen LogP contribution in [0.15, 0.2) is 11.0 Å². The Morgan fingerprint density at radius 1 is 1.31 bits per heavy atom. The highest BCUT2D eigenvalue weighted by molar-refractivity contribution is 7.09. The summed E-state index contributed by atoms with van der Waals surface area (Å²) in [6.07, 6.45) is 0.364. The van der Waals surface area contributed by atoms with Gasteiger partial charge in [0.15, 0.2) is 6.29 Å². The minimum Gasteiger partial charge on any atom is -0.392 e. The second kappa shape index (κ2) is 9.93. The summed E-state index contributed by atoms with van der Waals surface area (Å²) in [6, 6.07) is -0.534. The number of carbonyl (C=O) groups is 1. The van der Waals surface area contributed by atoms with Crippen LogP contribution in [0.25, 0.3) is 6.08 Å². The maximum atomic E-state index is 13.2. The number of aliphatic hydroxyl groups is 3. The van der Waals surface area contributed by atoms with Crippen molar-refractivity contribution in [2.75, 3.05) is 0 Å². The standard InChI is InChI=1S/C26H40N2O6S/c1-13(9-17-12-35-15(3)28-17)22-20(27)24-26(5,34-24)8-6-7-16-11-25(4,18(29)10-19(30)33-22)23(32)14(2)21(16)31/h9,12,14,16,18-22,24,29-31H,6-8,10-11,27H2,1-5H3/b13-9+/t14-,16-,18+,19?,20?,21-,22-,24+,25+,26-/m1/s1. The summed E-state index contributed by atoms with van der Waals surface area (Å²) in [5, 5.41) is 35.7. The fourth-order valence-electron chi connectivity index (χ4n) is 6.18. The zero-order valence-electron chi connectivity index (χ0n) is 21.3. The van der Waals surface area contributed by atoms with Crippen molar-refractivity contribution < 1.29 is 29.6 Å². The number of ketones is 1. The van der Waals surface area contributed by atoms with E-state index in [1.54, 1.807) is 25.2 Å². The lowest BCUT2D eigenvalue weighted by Gasteiger charge is -2.46. The number of nitrogens with zero attached hydrogens (tertiary/aromatic N) is 1. The Labute approximate surface area is 211 Å². The topological polar surface area (TPSA) is 138 Å². The van der Waals surface area contributed by atoms with E-state index in [2.05, 4.69) is 4.98 Å². The van der Waals surface area contributed by atoms with Crippen LogP contribution in [-0.2, 0) is 14.3 Å². The van der Waals surface area contributed by atoms with E-state index in [1.807, 2.05) is 32.2 Å². The molecule has 3 fully saturated rings. The van der Waals surface area contributed by atoms with Crippen molar-refractivity contribution in [2.24, 2.45) is 23.0 Å². The predicted molar refractivity (Wildman–Crippen MR) is 134 cm³/mol. The summed E-state index contributed by atoms with van der Waals surface area (Å²) >= 11 is 1.55. The van der Waals surface area contributed by atoms with Gasteiger partial charge in [-0.15, -0.1) is 11.3 Å². The van der Waals surface area contributed by atoms with Gasteiger partial charge in [-0.1, -0.05) is 20.3 Å². The lowest BCUT2D eigenvalue weighted by atomic mass is 9.60. The van der Waals surface area contributed by atoms with Gasteiger partial charge in [0.1, 0.15) is 11.9 Å². The number of rotatable bonds is 2. The molecule has 9 heteroatoms. The summed E-state index contributed by atoms with van der Waals surface area (Å²) < 4.78 is 12.1. The zero-order chi connectivity index (χ0) is 25.7. The van der Waals surface area contributed by atoms with Crippen LogP contribution in [0.5, 0.6) is 0 Å². The molecule has 0 spiro atoms. The molecule has 8 nitrogen and oxygen atoms in total. The van der Waals surface area contributed by atoms with E-state index >= 15 is 0 Å². The van der Waals surface area contributed by atoms with Crippen LogP contribution in [0.1, 0.15) is 70.5 Å². The van der Waals surface area contributed by atoms with Crippen LogP contribution in [0, 0.1) is 24.2 Å². The van der Waals surface area contributed by atoms with Crippen molar-refractivity contribution in [1.82, 2.24) is 4.98 Å². The molecular weight excluding hydrogens is 468 g/mol. The number of ether oxygens (including phenoxy) is 2. The number of fused-ring (bicyclic) bond motifs is 3.